The van der Waals surface area contributed by atoms with Gasteiger partial charge in [-0.3, -0.25) is 4.79 Å². The van der Waals surface area contributed by atoms with Crippen LogP contribution in [0.1, 0.15) is 130 Å². The second kappa shape index (κ2) is 21.4. The SMILES string of the molecule is C=C(CC)C1=C(c2cc(CCCC#N)c(-c3cc(O)cc4ccccc34)c(F)c2CCC)C2(CCNC2)C(=O)N1.CC.CC.CCC(CC)CC. The van der Waals surface area contributed by atoms with E-state index in [1.54, 1.807) is 12.1 Å². The van der Waals surface area contributed by atoms with Crippen molar-refractivity contribution in [1.82, 2.24) is 10.6 Å². The zero-order valence-corrected chi connectivity index (χ0v) is 33.0. The number of phenols is 1. The van der Waals surface area contributed by atoms with E-state index in [9.17, 15) is 15.2 Å². The largest absolute Gasteiger partial charge is 0.508 e. The molecule has 2 heterocycles. The molecule has 0 saturated carbocycles. The van der Waals surface area contributed by atoms with E-state index in [0.717, 1.165) is 45.4 Å². The van der Waals surface area contributed by atoms with Gasteiger partial charge in [-0.15, -0.1) is 0 Å². The molecule has 1 fully saturated rings. The maximum absolute atomic E-state index is 17.2. The number of aryl methyl sites for hydroxylation is 1. The lowest BCUT2D eigenvalue weighted by molar-refractivity contribution is -0.125. The summed E-state index contributed by atoms with van der Waals surface area (Å²) in [6.07, 6.45) is 7.99. The van der Waals surface area contributed by atoms with Gasteiger partial charge in [0, 0.05) is 29.8 Å². The molecular formula is C45H64FN3O2. The molecule has 0 bridgehead atoms. The van der Waals surface area contributed by atoms with Crippen molar-refractivity contribution >= 4 is 22.3 Å². The molecular weight excluding hydrogens is 634 g/mol. The minimum Gasteiger partial charge on any atom is -0.508 e. The Morgan fingerprint density at radius 3 is 2.22 bits per heavy atom. The quantitative estimate of drug-likeness (QED) is 0.164. The van der Waals surface area contributed by atoms with Gasteiger partial charge in [0.2, 0.25) is 5.91 Å². The number of allylic oxidation sites excluding steroid dienone is 1. The number of nitrogens with one attached hydrogen (secondary N) is 2. The van der Waals surface area contributed by atoms with Crippen LogP contribution in [0.3, 0.4) is 0 Å². The average molecular weight is 698 g/mol. The maximum Gasteiger partial charge on any atom is 0.236 e. The van der Waals surface area contributed by atoms with Crippen molar-refractivity contribution in [3.63, 3.8) is 0 Å². The summed E-state index contributed by atoms with van der Waals surface area (Å²) in [6.45, 7) is 24.3. The van der Waals surface area contributed by atoms with Crippen LogP contribution >= 0.6 is 0 Å². The summed E-state index contributed by atoms with van der Waals surface area (Å²) in [5, 5.41) is 28.1. The second-order valence-electron chi connectivity index (χ2n) is 13.0. The van der Waals surface area contributed by atoms with Crippen LogP contribution in [0, 0.1) is 28.5 Å². The standard InChI is InChI=1S/C34H36FN3O2.C7H16.2C2H6/c1-4-10-26-28(30-32(21(3)5-2)38-33(40)34(30)14-16-37-20-34)18-23(12-8-9-15-36)29(31(26)35)27-19-24(39)17-22-11-6-7-13-25(22)27;1-4-7(5-2)6-3;2*1-2/h6-7,11,13,17-19,37,39H,3-5,8-10,12,14,16,20H2,1-2H3,(H,38,40);7H,4-6H2,1-3H3;2*1-2H3. The van der Waals surface area contributed by atoms with E-state index >= 15 is 4.39 Å². The van der Waals surface area contributed by atoms with Crippen LogP contribution in [0.5, 0.6) is 5.75 Å². The number of hydrogen-bond donors (Lipinski definition) is 3. The summed E-state index contributed by atoms with van der Waals surface area (Å²) in [7, 11) is 0. The smallest absolute Gasteiger partial charge is 0.236 e. The zero-order chi connectivity index (χ0) is 38.1. The van der Waals surface area contributed by atoms with Gasteiger partial charge < -0.3 is 15.7 Å². The van der Waals surface area contributed by atoms with E-state index in [1.165, 1.54) is 19.3 Å². The van der Waals surface area contributed by atoms with Crippen LogP contribution in [0.15, 0.2) is 60.3 Å². The van der Waals surface area contributed by atoms with Gasteiger partial charge in [0.05, 0.1) is 11.5 Å². The van der Waals surface area contributed by atoms with E-state index in [1.807, 2.05) is 65.8 Å². The maximum atomic E-state index is 17.2. The topological polar surface area (TPSA) is 85.2 Å². The van der Waals surface area contributed by atoms with Crippen molar-refractivity contribution in [1.29, 1.82) is 5.26 Å². The highest BCUT2D eigenvalue weighted by molar-refractivity contribution is 6.06. The summed E-state index contributed by atoms with van der Waals surface area (Å²) in [5.41, 5.74) is 4.79. The minimum atomic E-state index is -0.786. The first-order valence-corrected chi connectivity index (χ1v) is 19.6. The van der Waals surface area contributed by atoms with Crippen LogP contribution in [0.4, 0.5) is 4.39 Å². The fourth-order valence-electron chi connectivity index (χ4n) is 7.26. The van der Waals surface area contributed by atoms with Gasteiger partial charge >= 0.3 is 0 Å². The highest BCUT2D eigenvalue weighted by Crippen LogP contribution is 2.50. The Morgan fingerprint density at radius 1 is 1.00 bits per heavy atom. The van der Waals surface area contributed by atoms with Gasteiger partial charge in [-0.25, -0.2) is 4.39 Å². The molecule has 1 saturated heterocycles. The number of halogens is 1. The molecule has 1 atom stereocenters. The van der Waals surface area contributed by atoms with E-state index in [2.05, 4.69) is 50.1 Å². The third-order valence-electron chi connectivity index (χ3n) is 10.1. The summed E-state index contributed by atoms with van der Waals surface area (Å²) in [5.74, 6) is 0.675. The van der Waals surface area contributed by atoms with Gasteiger partial charge in [-0.2, -0.15) is 5.26 Å². The molecule has 0 aliphatic carbocycles. The first-order chi connectivity index (χ1) is 24.7. The molecule has 1 unspecified atom stereocenters. The molecule has 0 radical (unpaired) electrons. The molecule has 3 aromatic rings. The highest BCUT2D eigenvalue weighted by Gasteiger charge is 2.51. The number of unbranched alkanes of at least 4 members (excludes halogenated alkanes) is 1. The van der Waals surface area contributed by atoms with Gasteiger partial charge in [0.1, 0.15) is 11.6 Å². The van der Waals surface area contributed by atoms with Gasteiger partial charge in [-0.1, -0.05) is 125 Å². The second-order valence-corrected chi connectivity index (χ2v) is 13.0. The fraction of sp³-hybridized carbons (Fsp3) is 0.511. The molecule has 3 aromatic carbocycles. The van der Waals surface area contributed by atoms with E-state index < -0.39 is 5.41 Å². The van der Waals surface area contributed by atoms with E-state index in [-0.39, 0.29) is 17.5 Å². The number of nitriles is 1. The highest BCUT2D eigenvalue weighted by atomic mass is 19.1. The van der Waals surface area contributed by atoms with E-state index in [0.29, 0.717) is 74.0 Å². The number of phenolic OH excluding ortho intramolecular Hbond substituents is 1. The van der Waals surface area contributed by atoms with E-state index in [4.69, 9.17) is 0 Å². The van der Waals surface area contributed by atoms with Crippen molar-refractivity contribution in [2.45, 2.75) is 127 Å². The molecule has 5 nitrogen and oxygen atoms in total. The average Bonchev–Trinajstić information content (AvgIpc) is 3.76. The monoisotopic (exact) mass is 697 g/mol. The van der Waals surface area contributed by atoms with Gasteiger partial charge in [0.15, 0.2) is 0 Å². The fourth-order valence-corrected chi connectivity index (χ4v) is 7.26. The Balaban J connectivity index is 0.000000724. The van der Waals surface area contributed by atoms with Crippen LogP contribution in [-0.2, 0) is 17.6 Å². The van der Waals surface area contributed by atoms with Crippen LogP contribution in [0.25, 0.3) is 27.5 Å². The molecule has 2 aliphatic heterocycles. The molecule has 3 N–H and O–H groups in total. The molecule has 278 valence electrons. The number of amides is 1. The predicted octanol–water partition coefficient (Wildman–Crippen LogP) is 11.8. The number of carbonyl (C=O) groups excluding carboxylic acids is 1. The van der Waals surface area contributed by atoms with Gasteiger partial charge in [0.25, 0.3) is 0 Å². The van der Waals surface area contributed by atoms with Crippen molar-refractivity contribution in [3.8, 4) is 22.9 Å². The molecule has 5 rings (SSSR count). The molecule has 51 heavy (non-hydrogen) atoms. The third kappa shape index (κ3) is 9.69. The van der Waals surface area contributed by atoms with Crippen molar-refractivity contribution < 1.29 is 14.3 Å². The Bertz CT molecular complexity index is 1670. The molecule has 1 spiro atoms. The zero-order valence-electron chi connectivity index (χ0n) is 33.0. The number of benzene rings is 3. The molecule has 0 aromatic heterocycles. The Labute approximate surface area is 308 Å². The first kappa shape index (κ1) is 43.2. The lowest BCUT2D eigenvalue weighted by Gasteiger charge is -2.28. The number of carbonyl (C=O) groups is 1. The lowest BCUT2D eigenvalue weighted by atomic mass is 9.73. The normalized spacial score (nSPS) is 16.2. The first-order valence-electron chi connectivity index (χ1n) is 19.6. The molecule has 6 heteroatoms. The Hall–Kier alpha value is -3.95. The lowest BCUT2D eigenvalue weighted by Crippen LogP contribution is -2.36. The van der Waals surface area contributed by atoms with Crippen LogP contribution in [-0.4, -0.2) is 24.1 Å². The van der Waals surface area contributed by atoms with Crippen molar-refractivity contribution in [2.75, 3.05) is 13.1 Å². The molecule has 2 aliphatic rings. The number of aromatic hydroxyl groups is 1. The predicted molar refractivity (Wildman–Crippen MR) is 215 cm³/mol. The Morgan fingerprint density at radius 2 is 1.67 bits per heavy atom. The summed E-state index contributed by atoms with van der Waals surface area (Å²) >= 11 is 0. The number of nitrogens with zero attached hydrogens (tertiary/aromatic N) is 1. The minimum absolute atomic E-state index is 0.0611. The number of hydrogen-bond acceptors (Lipinski definition) is 4. The van der Waals surface area contributed by atoms with Crippen molar-refractivity contribution in [2.24, 2.45) is 11.3 Å². The van der Waals surface area contributed by atoms with Crippen LogP contribution in [0.2, 0.25) is 0 Å². The van der Waals surface area contributed by atoms with Crippen LogP contribution < -0.4 is 10.6 Å². The van der Waals surface area contributed by atoms with Gasteiger partial charge in [-0.05, 0) is 95.3 Å². The molecule has 1 amide bonds. The third-order valence-corrected chi connectivity index (χ3v) is 10.1. The summed E-state index contributed by atoms with van der Waals surface area (Å²) in [4.78, 5) is 13.5. The summed E-state index contributed by atoms with van der Waals surface area (Å²) < 4.78 is 17.2. The summed E-state index contributed by atoms with van der Waals surface area (Å²) in [6, 6.07) is 15.3. The van der Waals surface area contributed by atoms with Crippen molar-refractivity contribution in [3.05, 3.63) is 82.8 Å². The Kier molecular flexibility index (Phi) is 18.2. The number of fused-ring (bicyclic) bond motifs is 1. The number of rotatable bonds is 12.